The fourth-order valence-corrected chi connectivity index (χ4v) is 3.98. The van der Waals surface area contributed by atoms with Crippen LogP contribution in [-0.2, 0) is 0 Å². The van der Waals surface area contributed by atoms with E-state index in [0.29, 0.717) is 6.35 Å². The van der Waals surface area contributed by atoms with Crippen molar-refractivity contribution in [3.05, 3.63) is 0 Å². The number of aliphatic hydroxyl groups excluding tert-OH is 1. The van der Waals surface area contributed by atoms with Gasteiger partial charge >= 0.3 is 0 Å². The molecule has 0 aromatic heterocycles. The van der Waals surface area contributed by atoms with E-state index in [1.165, 1.54) is 76.5 Å². The molecule has 0 rings (SSSR count). The summed E-state index contributed by atoms with van der Waals surface area (Å²) in [7, 11) is -0.0446. The van der Waals surface area contributed by atoms with Crippen molar-refractivity contribution in [2.24, 2.45) is 0 Å². The Balaban J connectivity index is 3.30. The molecule has 0 aliphatic carbocycles. The van der Waals surface area contributed by atoms with Crippen molar-refractivity contribution < 1.29 is 5.11 Å². The Kier molecular flexibility index (Phi) is 14.8. The smallest absolute Gasteiger partial charge is 0.0624 e. The van der Waals surface area contributed by atoms with E-state index < -0.39 is 0 Å². The van der Waals surface area contributed by atoms with Crippen LogP contribution in [0, 0.1) is 0 Å². The standard InChI is InChI=1S/C15H33OP/c1-3-5-7-9-11-13-17(15-16)14-12-10-8-6-4-2/h16H,3-15H2,1-2H3. The molecule has 0 saturated carbocycles. The Morgan fingerprint density at radius 1 is 0.647 bits per heavy atom. The van der Waals surface area contributed by atoms with Crippen molar-refractivity contribution in [3.63, 3.8) is 0 Å². The third kappa shape index (κ3) is 12.6. The van der Waals surface area contributed by atoms with Gasteiger partial charge in [0.05, 0.1) is 6.35 Å². The molecule has 0 saturated heterocycles. The molecule has 17 heavy (non-hydrogen) atoms. The second-order valence-corrected chi connectivity index (χ2v) is 7.61. The molecule has 2 heteroatoms. The van der Waals surface area contributed by atoms with Crippen molar-refractivity contribution in [2.45, 2.75) is 78.1 Å². The van der Waals surface area contributed by atoms with Gasteiger partial charge in [-0.2, -0.15) is 0 Å². The Bertz CT molecular complexity index is 125. The number of hydrogen-bond donors (Lipinski definition) is 1. The van der Waals surface area contributed by atoms with Gasteiger partial charge in [0.2, 0.25) is 0 Å². The molecule has 0 radical (unpaired) electrons. The molecular formula is C15H33OP. The summed E-state index contributed by atoms with van der Waals surface area (Å²) in [6.07, 6.45) is 16.7. The van der Waals surface area contributed by atoms with Gasteiger partial charge in [0.25, 0.3) is 0 Å². The first-order valence-corrected chi connectivity index (χ1v) is 9.58. The summed E-state index contributed by atoms with van der Waals surface area (Å²) in [6, 6.07) is 0. The van der Waals surface area contributed by atoms with Crippen LogP contribution in [0.5, 0.6) is 0 Å². The van der Waals surface area contributed by atoms with Gasteiger partial charge in [-0.05, 0) is 25.2 Å². The third-order valence-corrected chi connectivity index (χ3v) is 5.65. The lowest BCUT2D eigenvalue weighted by atomic mass is 10.2. The third-order valence-electron chi connectivity index (χ3n) is 3.36. The summed E-state index contributed by atoms with van der Waals surface area (Å²) in [6.45, 7) is 4.52. The van der Waals surface area contributed by atoms with Crippen molar-refractivity contribution in [2.75, 3.05) is 18.7 Å². The summed E-state index contributed by atoms with van der Waals surface area (Å²) >= 11 is 0. The summed E-state index contributed by atoms with van der Waals surface area (Å²) in [5.74, 6) is 0. The average molecular weight is 260 g/mol. The van der Waals surface area contributed by atoms with Crippen LogP contribution >= 0.6 is 7.92 Å². The predicted octanol–water partition coefficient (Wildman–Crippen LogP) is 5.36. The molecule has 0 bridgehead atoms. The lowest BCUT2D eigenvalue weighted by Crippen LogP contribution is -1.95. The lowest BCUT2D eigenvalue weighted by Gasteiger charge is -2.14. The van der Waals surface area contributed by atoms with E-state index in [-0.39, 0.29) is 7.92 Å². The van der Waals surface area contributed by atoms with Gasteiger partial charge in [-0.3, -0.25) is 0 Å². The highest BCUT2D eigenvalue weighted by Gasteiger charge is 2.05. The summed E-state index contributed by atoms with van der Waals surface area (Å²) in [4.78, 5) is 0. The molecule has 0 aromatic rings. The van der Waals surface area contributed by atoms with Gasteiger partial charge in [0.15, 0.2) is 0 Å². The average Bonchev–Trinajstić information content (AvgIpc) is 2.36. The van der Waals surface area contributed by atoms with Crippen LogP contribution in [0.3, 0.4) is 0 Å². The van der Waals surface area contributed by atoms with E-state index in [2.05, 4.69) is 13.8 Å². The van der Waals surface area contributed by atoms with Crippen LogP contribution in [0.4, 0.5) is 0 Å². The molecule has 104 valence electrons. The fraction of sp³-hybridized carbons (Fsp3) is 1.00. The Morgan fingerprint density at radius 2 is 1.06 bits per heavy atom. The summed E-state index contributed by atoms with van der Waals surface area (Å²) in [5.41, 5.74) is 0. The van der Waals surface area contributed by atoms with E-state index in [0.717, 1.165) is 0 Å². The monoisotopic (exact) mass is 260 g/mol. The zero-order chi connectivity index (χ0) is 12.8. The first kappa shape index (κ1) is 17.4. The summed E-state index contributed by atoms with van der Waals surface area (Å²) in [5, 5.41) is 9.36. The van der Waals surface area contributed by atoms with Crippen molar-refractivity contribution in [3.8, 4) is 0 Å². The highest BCUT2D eigenvalue weighted by Crippen LogP contribution is 2.36. The molecular weight excluding hydrogens is 227 g/mol. The molecule has 1 N–H and O–H groups in total. The highest BCUT2D eigenvalue weighted by molar-refractivity contribution is 7.57. The summed E-state index contributed by atoms with van der Waals surface area (Å²) < 4.78 is 0. The first-order valence-electron chi connectivity index (χ1n) is 7.68. The Morgan fingerprint density at radius 3 is 1.41 bits per heavy atom. The number of rotatable bonds is 13. The van der Waals surface area contributed by atoms with E-state index in [4.69, 9.17) is 0 Å². The van der Waals surface area contributed by atoms with E-state index in [1.807, 2.05) is 0 Å². The van der Waals surface area contributed by atoms with Crippen LogP contribution in [0.2, 0.25) is 0 Å². The number of hydrogen-bond acceptors (Lipinski definition) is 1. The maximum atomic E-state index is 9.36. The highest BCUT2D eigenvalue weighted by atomic mass is 31.1. The zero-order valence-corrected chi connectivity index (χ0v) is 13.0. The predicted molar refractivity (Wildman–Crippen MR) is 81.3 cm³/mol. The Labute approximate surface area is 110 Å². The molecule has 1 nitrogen and oxygen atoms in total. The second-order valence-electron chi connectivity index (χ2n) is 5.09. The minimum Gasteiger partial charge on any atom is -0.392 e. The lowest BCUT2D eigenvalue weighted by molar-refractivity contribution is 0.369. The zero-order valence-electron chi connectivity index (χ0n) is 12.1. The van der Waals surface area contributed by atoms with Gasteiger partial charge in [-0.25, -0.2) is 0 Å². The molecule has 0 aliphatic heterocycles. The van der Waals surface area contributed by atoms with Crippen LogP contribution < -0.4 is 0 Å². The number of aliphatic hydroxyl groups is 1. The molecule has 0 aromatic carbocycles. The molecule has 0 unspecified atom stereocenters. The molecule has 0 fully saturated rings. The van der Waals surface area contributed by atoms with Gasteiger partial charge < -0.3 is 5.11 Å². The second kappa shape index (κ2) is 14.5. The fourth-order valence-electron chi connectivity index (χ4n) is 2.13. The van der Waals surface area contributed by atoms with Crippen molar-refractivity contribution >= 4 is 7.92 Å². The van der Waals surface area contributed by atoms with Crippen molar-refractivity contribution in [1.29, 1.82) is 0 Å². The van der Waals surface area contributed by atoms with Gasteiger partial charge in [0, 0.05) is 0 Å². The molecule has 0 spiro atoms. The SMILES string of the molecule is CCCCCCCP(CO)CCCCCCC. The minimum atomic E-state index is -0.0446. The quantitative estimate of drug-likeness (QED) is 0.349. The van der Waals surface area contributed by atoms with Gasteiger partial charge in [0.1, 0.15) is 0 Å². The largest absolute Gasteiger partial charge is 0.392 e. The number of unbranched alkanes of at least 4 members (excludes halogenated alkanes) is 8. The molecule has 0 aliphatic rings. The molecule has 0 heterocycles. The van der Waals surface area contributed by atoms with E-state index in [1.54, 1.807) is 0 Å². The van der Waals surface area contributed by atoms with Crippen LogP contribution in [0.25, 0.3) is 0 Å². The van der Waals surface area contributed by atoms with E-state index >= 15 is 0 Å². The maximum absolute atomic E-state index is 9.36. The van der Waals surface area contributed by atoms with Crippen LogP contribution in [0.15, 0.2) is 0 Å². The normalized spacial score (nSPS) is 11.3. The van der Waals surface area contributed by atoms with Crippen LogP contribution in [0.1, 0.15) is 78.1 Å². The van der Waals surface area contributed by atoms with Gasteiger partial charge in [-0.15, -0.1) is 0 Å². The minimum absolute atomic E-state index is 0.0446. The van der Waals surface area contributed by atoms with E-state index in [9.17, 15) is 5.11 Å². The van der Waals surface area contributed by atoms with Crippen molar-refractivity contribution in [1.82, 2.24) is 0 Å². The topological polar surface area (TPSA) is 20.2 Å². The molecule has 0 atom stereocenters. The van der Waals surface area contributed by atoms with Crippen LogP contribution in [-0.4, -0.2) is 23.8 Å². The Hall–Kier alpha value is 0.390. The first-order chi connectivity index (χ1) is 8.35. The maximum Gasteiger partial charge on any atom is 0.0624 e. The molecule has 0 amide bonds. The van der Waals surface area contributed by atoms with Gasteiger partial charge in [-0.1, -0.05) is 73.1 Å².